The van der Waals surface area contributed by atoms with Gasteiger partial charge in [-0.25, -0.2) is 0 Å². The molecule has 1 unspecified atom stereocenters. The van der Waals surface area contributed by atoms with Gasteiger partial charge < -0.3 is 9.84 Å². The Balaban J connectivity index is 1.64. The number of rotatable bonds is 10. The van der Waals surface area contributed by atoms with E-state index >= 15 is 0 Å². The minimum atomic E-state index is -0.731. The van der Waals surface area contributed by atoms with E-state index in [-0.39, 0.29) is 11.7 Å². The van der Waals surface area contributed by atoms with Gasteiger partial charge in [-0.15, -0.1) is 0 Å². The van der Waals surface area contributed by atoms with Crippen molar-refractivity contribution in [2.45, 2.75) is 31.6 Å². The first-order valence-corrected chi connectivity index (χ1v) is 9.25. The molecule has 1 N–H and O–H groups in total. The lowest BCUT2D eigenvalue weighted by Crippen LogP contribution is -2.07. The van der Waals surface area contributed by atoms with Gasteiger partial charge in [0.2, 0.25) is 0 Å². The van der Waals surface area contributed by atoms with Gasteiger partial charge in [0.05, 0.1) is 13.0 Å². The maximum Gasteiger partial charge on any atom is 0.304 e. The van der Waals surface area contributed by atoms with Crippen molar-refractivity contribution in [2.75, 3.05) is 12.4 Å². The van der Waals surface area contributed by atoms with Crippen LogP contribution in [0.1, 0.15) is 25.3 Å². The second-order valence-electron chi connectivity index (χ2n) is 5.75. The molecular weight excluding hydrogens is 320 g/mol. The van der Waals surface area contributed by atoms with E-state index in [0.717, 1.165) is 12.2 Å². The minimum Gasteiger partial charge on any atom is -0.481 e. The van der Waals surface area contributed by atoms with E-state index in [9.17, 15) is 4.79 Å². The maximum atomic E-state index is 10.6. The summed E-state index contributed by atoms with van der Waals surface area (Å²) in [7, 11) is 0. The minimum absolute atomic E-state index is 0.160. The Labute approximate surface area is 148 Å². The number of carboxylic acid groups (broad SMARTS) is 1. The predicted molar refractivity (Wildman–Crippen MR) is 100 cm³/mol. The van der Waals surface area contributed by atoms with Crippen LogP contribution in [0.5, 0.6) is 0 Å². The van der Waals surface area contributed by atoms with Crippen LogP contribution in [0.15, 0.2) is 54.6 Å². The first-order chi connectivity index (χ1) is 11.6. The molecule has 24 heavy (non-hydrogen) atoms. The van der Waals surface area contributed by atoms with Gasteiger partial charge in [-0.05, 0) is 28.9 Å². The molecule has 0 fully saturated rings. The summed E-state index contributed by atoms with van der Waals surface area (Å²) >= 11 is 1.69. The van der Waals surface area contributed by atoms with Crippen LogP contribution in [0.4, 0.5) is 0 Å². The SMILES string of the molecule is CC(CC(=O)O)SCCCOCc1ccc(-c2ccccc2)cc1. The first-order valence-electron chi connectivity index (χ1n) is 8.20. The third kappa shape index (κ3) is 6.77. The van der Waals surface area contributed by atoms with Crippen molar-refractivity contribution in [3.8, 4) is 11.1 Å². The molecule has 3 nitrogen and oxygen atoms in total. The van der Waals surface area contributed by atoms with Crippen LogP contribution in [0, 0.1) is 0 Å². The van der Waals surface area contributed by atoms with Crippen molar-refractivity contribution >= 4 is 17.7 Å². The predicted octanol–water partition coefficient (Wildman–Crippen LogP) is 4.86. The summed E-state index contributed by atoms with van der Waals surface area (Å²) in [6, 6.07) is 18.8. The van der Waals surface area contributed by atoms with E-state index in [1.807, 2.05) is 25.1 Å². The highest BCUT2D eigenvalue weighted by Gasteiger charge is 2.07. The highest BCUT2D eigenvalue weighted by Crippen LogP contribution is 2.19. The molecule has 0 radical (unpaired) electrons. The molecule has 4 heteroatoms. The second-order valence-corrected chi connectivity index (χ2v) is 7.29. The molecule has 0 aliphatic rings. The summed E-state index contributed by atoms with van der Waals surface area (Å²) in [4.78, 5) is 10.6. The summed E-state index contributed by atoms with van der Waals surface area (Å²) in [5.74, 6) is 0.201. The Morgan fingerprint density at radius 1 is 1.08 bits per heavy atom. The number of carbonyl (C=O) groups is 1. The highest BCUT2D eigenvalue weighted by molar-refractivity contribution is 7.99. The summed E-state index contributed by atoms with van der Waals surface area (Å²) in [5.41, 5.74) is 3.60. The zero-order valence-electron chi connectivity index (χ0n) is 14.0. The molecule has 2 aromatic rings. The highest BCUT2D eigenvalue weighted by atomic mass is 32.2. The Bertz CT molecular complexity index is 611. The van der Waals surface area contributed by atoms with Crippen LogP contribution in [-0.2, 0) is 16.1 Å². The Kier molecular flexibility index (Phi) is 7.86. The number of thioether (sulfide) groups is 1. The molecule has 0 spiro atoms. The van der Waals surface area contributed by atoms with Gasteiger partial charge in [0, 0.05) is 11.9 Å². The fourth-order valence-corrected chi connectivity index (χ4v) is 3.31. The van der Waals surface area contributed by atoms with Crippen molar-refractivity contribution in [1.82, 2.24) is 0 Å². The molecule has 0 heterocycles. The molecule has 1 atom stereocenters. The summed E-state index contributed by atoms with van der Waals surface area (Å²) < 4.78 is 5.70. The number of hydrogen-bond acceptors (Lipinski definition) is 3. The zero-order valence-corrected chi connectivity index (χ0v) is 14.8. The molecule has 2 rings (SSSR count). The van der Waals surface area contributed by atoms with E-state index in [1.54, 1.807) is 11.8 Å². The van der Waals surface area contributed by atoms with Gasteiger partial charge >= 0.3 is 5.97 Å². The fourth-order valence-electron chi connectivity index (χ4n) is 2.36. The molecule has 0 saturated carbocycles. The lowest BCUT2D eigenvalue weighted by molar-refractivity contribution is -0.136. The Hall–Kier alpha value is -1.78. The van der Waals surface area contributed by atoms with Crippen LogP contribution < -0.4 is 0 Å². The van der Waals surface area contributed by atoms with E-state index < -0.39 is 5.97 Å². The van der Waals surface area contributed by atoms with Crippen LogP contribution in [-0.4, -0.2) is 28.7 Å². The number of benzene rings is 2. The largest absolute Gasteiger partial charge is 0.481 e. The van der Waals surface area contributed by atoms with Gasteiger partial charge in [-0.2, -0.15) is 11.8 Å². The second kappa shape index (κ2) is 10.2. The van der Waals surface area contributed by atoms with E-state index in [2.05, 4.69) is 36.4 Å². The van der Waals surface area contributed by atoms with Gasteiger partial charge in [0.1, 0.15) is 0 Å². The smallest absolute Gasteiger partial charge is 0.304 e. The average Bonchev–Trinajstić information content (AvgIpc) is 2.58. The Morgan fingerprint density at radius 2 is 1.75 bits per heavy atom. The van der Waals surface area contributed by atoms with Gasteiger partial charge in [-0.3, -0.25) is 4.79 Å². The molecule has 0 aliphatic carbocycles. The number of hydrogen-bond donors (Lipinski definition) is 1. The van der Waals surface area contributed by atoms with Crippen molar-refractivity contribution in [3.05, 3.63) is 60.2 Å². The number of aliphatic carboxylic acids is 1. The van der Waals surface area contributed by atoms with Crippen LogP contribution in [0.3, 0.4) is 0 Å². The van der Waals surface area contributed by atoms with Crippen molar-refractivity contribution in [3.63, 3.8) is 0 Å². The normalized spacial score (nSPS) is 12.0. The molecule has 0 bridgehead atoms. The lowest BCUT2D eigenvalue weighted by Gasteiger charge is -2.09. The molecule has 0 aromatic heterocycles. The standard InChI is InChI=1S/C20H24O3S/c1-16(14-20(21)22)24-13-5-12-23-15-17-8-10-19(11-9-17)18-6-3-2-4-7-18/h2-4,6-11,16H,5,12-15H2,1H3,(H,21,22). The van der Waals surface area contributed by atoms with Crippen molar-refractivity contribution in [2.24, 2.45) is 0 Å². The monoisotopic (exact) mass is 344 g/mol. The summed E-state index contributed by atoms with van der Waals surface area (Å²) in [6.07, 6.45) is 1.16. The van der Waals surface area contributed by atoms with Crippen LogP contribution in [0.25, 0.3) is 11.1 Å². The number of ether oxygens (including phenoxy) is 1. The molecule has 128 valence electrons. The molecular formula is C20H24O3S. The summed E-state index contributed by atoms with van der Waals surface area (Å²) in [6.45, 7) is 3.27. The molecule has 2 aromatic carbocycles. The fraction of sp³-hybridized carbons (Fsp3) is 0.350. The molecule has 0 aliphatic heterocycles. The first kappa shape index (κ1) is 18.6. The van der Waals surface area contributed by atoms with Gasteiger partial charge in [-0.1, -0.05) is 61.5 Å². The average molecular weight is 344 g/mol. The Morgan fingerprint density at radius 3 is 2.42 bits per heavy atom. The molecule has 0 amide bonds. The maximum absolute atomic E-state index is 10.6. The number of carboxylic acids is 1. The van der Waals surface area contributed by atoms with E-state index in [1.165, 1.54) is 16.7 Å². The van der Waals surface area contributed by atoms with Crippen molar-refractivity contribution < 1.29 is 14.6 Å². The summed E-state index contributed by atoms with van der Waals surface area (Å²) in [5, 5.41) is 8.87. The molecule has 0 saturated heterocycles. The zero-order chi connectivity index (χ0) is 17.2. The van der Waals surface area contributed by atoms with Crippen LogP contribution in [0.2, 0.25) is 0 Å². The third-order valence-corrected chi connectivity index (χ3v) is 4.89. The van der Waals surface area contributed by atoms with Gasteiger partial charge in [0.15, 0.2) is 0 Å². The van der Waals surface area contributed by atoms with Gasteiger partial charge in [0.25, 0.3) is 0 Å². The van der Waals surface area contributed by atoms with E-state index in [0.29, 0.717) is 13.2 Å². The lowest BCUT2D eigenvalue weighted by atomic mass is 10.0. The van der Waals surface area contributed by atoms with Crippen LogP contribution >= 0.6 is 11.8 Å². The quantitative estimate of drug-likeness (QED) is 0.626. The van der Waals surface area contributed by atoms with Crippen molar-refractivity contribution in [1.29, 1.82) is 0 Å². The van der Waals surface area contributed by atoms with E-state index in [4.69, 9.17) is 9.84 Å². The topological polar surface area (TPSA) is 46.5 Å². The third-order valence-electron chi connectivity index (χ3n) is 3.63.